The molecule has 0 saturated carbocycles. The summed E-state index contributed by atoms with van der Waals surface area (Å²) in [6.45, 7) is 9.18. The van der Waals surface area contributed by atoms with Gasteiger partial charge >= 0.3 is 17.1 Å². The van der Waals surface area contributed by atoms with Crippen LogP contribution in [0, 0.1) is 0 Å². The molecule has 2 aromatic rings. The maximum absolute atomic E-state index is 6.63. The van der Waals surface area contributed by atoms with E-state index in [1.165, 1.54) is 6.33 Å². The average molecular weight is 482 g/mol. The molecule has 3 aliphatic rings. The molecule has 2 N–H and O–H groups in total. The van der Waals surface area contributed by atoms with Crippen molar-refractivity contribution in [1.82, 2.24) is 19.5 Å². The van der Waals surface area contributed by atoms with Gasteiger partial charge in [-0.25, -0.2) is 15.0 Å². The van der Waals surface area contributed by atoms with Crippen molar-refractivity contribution in [2.24, 2.45) is 0 Å². The van der Waals surface area contributed by atoms with Crippen LogP contribution in [0.4, 0.5) is 5.82 Å². The Hall–Kier alpha value is -1.46. The smallest absolute Gasteiger partial charge is 0.323 e. The Labute approximate surface area is 189 Å². The number of anilines is 1. The van der Waals surface area contributed by atoms with E-state index >= 15 is 0 Å². The highest BCUT2D eigenvalue weighted by Crippen LogP contribution is 2.40. The van der Waals surface area contributed by atoms with Crippen molar-refractivity contribution in [2.45, 2.75) is 76.3 Å². The van der Waals surface area contributed by atoms with Gasteiger partial charge in [0.25, 0.3) is 0 Å². The van der Waals surface area contributed by atoms with E-state index in [4.69, 9.17) is 32.9 Å². The number of nitrogens with two attached hydrogens (primary N) is 1. The zero-order valence-corrected chi connectivity index (χ0v) is 20.9. The van der Waals surface area contributed by atoms with Gasteiger partial charge in [0.05, 0.1) is 12.9 Å². The molecule has 3 saturated heterocycles. The van der Waals surface area contributed by atoms with Crippen LogP contribution in [0.5, 0.6) is 0 Å². The number of hydrogen-bond donors (Lipinski definition) is 1. The summed E-state index contributed by atoms with van der Waals surface area (Å²) in [5.74, 6) is 0.320. The minimum absolute atomic E-state index is 0.320. The third-order valence-electron chi connectivity index (χ3n) is 5.90. The van der Waals surface area contributed by atoms with Gasteiger partial charge in [-0.05, 0) is 45.5 Å². The second-order valence-electron chi connectivity index (χ2n) is 9.34. The lowest BCUT2D eigenvalue weighted by Crippen LogP contribution is -2.57. The molecule has 3 aliphatic heterocycles. The minimum Gasteiger partial charge on any atom is -0.415 e. The molecule has 32 heavy (non-hydrogen) atoms. The zero-order chi connectivity index (χ0) is 22.5. The molecule has 0 aliphatic carbocycles. The highest BCUT2D eigenvalue weighted by atomic mass is 28.5. The van der Waals surface area contributed by atoms with Gasteiger partial charge < -0.3 is 32.9 Å². The third kappa shape index (κ3) is 4.35. The predicted octanol–water partition coefficient (Wildman–Crippen LogP) is 2.05. The molecule has 0 spiro atoms. The maximum atomic E-state index is 6.63. The lowest BCUT2D eigenvalue weighted by Gasteiger charge is -2.40. The Morgan fingerprint density at radius 3 is 2.75 bits per heavy atom. The summed E-state index contributed by atoms with van der Waals surface area (Å²) in [4.78, 5) is 12.8. The minimum atomic E-state index is -2.51. The van der Waals surface area contributed by atoms with E-state index in [0.717, 1.165) is 19.3 Å². The third-order valence-corrected chi connectivity index (χ3v) is 11.5. The van der Waals surface area contributed by atoms with Gasteiger partial charge in [0.2, 0.25) is 0 Å². The largest absolute Gasteiger partial charge is 0.415 e. The molecular weight excluding hydrogens is 450 g/mol. The fourth-order valence-corrected chi connectivity index (χ4v) is 11.3. The van der Waals surface area contributed by atoms with E-state index < -0.39 is 29.5 Å². The van der Waals surface area contributed by atoms with Crippen molar-refractivity contribution in [3.05, 3.63) is 12.7 Å². The highest BCUT2D eigenvalue weighted by molar-refractivity contribution is 6.78. The molecule has 0 amide bonds. The molecule has 2 aromatic heterocycles. The summed E-state index contributed by atoms with van der Waals surface area (Å²) in [6.07, 6.45) is 3.99. The fraction of sp³-hybridized carbons (Fsp3) is 0.737. The number of nitrogens with zero attached hydrogens (tertiary/aromatic N) is 4. The summed E-state index contributed by atoms with van der Waals surface area (Å²) in [5.41, 5.74) is 7.11. The molecule has 5 heterocycles. The first-order valence-electron chi connectivity index (χ1n) is 11.1. The molecule has 5 rings (SSSR count). The zero-order valence-electron chi connectivity index (χ0n) is 18.9. The van der Waals surface area contributed by atoms with Gasteiger partial charge in [0.1, 0.15) is 30.2 Å². The quantitative estimate of drug-likeness (QED) is 0.651. The van der Waals surface area contributed by atoms with Crippen molar-refractivity contribution in [1.29, 1.82) is 0 Å². The molecule has 1 unspecified atom stereocenters. The molecule has 11 nitrogen and oxygen atoms in total. The number of hydrogen-bond acceptors (Lipinski definition) is 10. The molecule has 0 bridgehead atoms. The summed E-state index contributed by atoms with van der Waals surface area (Å²) in [5, 5.41) is 0. The normalized spacial score (nSPS) is 34.7. The summed E-state index contributed by atoms with van der Waals surface area (Å²) >= 11 is 0. The first-order chi connectivity index (χ1) is 15.2. The number of nitrogen functional groups attached to an aromatic ring is 1. The predicted molar refractivity (Wildman–Crippen MR) is 119 cm³/mol. The lowest BCUT2D eigenvalue weighted by molar-refractivity contribution is -0.214. The lowest BCUT2D eigenvalue weighted by atomic mass is 10.1. The van der Waals surface area contributed by atoms with E-state index in [9.17, 15) is 0 Å². The fourth-order valence-electron chi connectivity index (χ4n) is 4.66. The van der Waals surface area contributed by atoms with Crippen LogP contribution in [0.15, 0.2) is 12.7 Å². The van der Waals surface area contributed by atoms with Crippen LogP contribution in [0.25, 0.3) is 11.2 Å². The number of ether oxygens (including phenoxy) is 3. The van der Waals surface area contributed by atoms with Crippen LogP contribution in [-0.2, 0) is 27.2 Å². The Kier molecular flexibility index (Phi) is 5.86. The van der Waals surface area contributed by atoms with Gasteiger partial charge in [-0.2, -0.15) is 0 Å². The number of aromatic nitrogens is 4. The number of imidazole rings is 1. The Bertz CT molecular complexity index is 969. The van der Waals surface area contributed by atoms with Crippen LogP contribution in [0.1, 0.15) is 25.5 Å². The number of fused-ring (bicyclic) bond motifs is 2. The van der Waals surface area contributed by atoms with E-state index in [-0.39, 0.29) is 18.5 Å². The van der Waals surface area contributed by atoms with E-state index in [1.807, 2.05) is 30.8 Å². The van der Waals surface area contributed by atoms with Crippen molar-refractivity contribution in [2.75, 3.05) is 18.9 Å². The van der Waals surface area contributed by atoms with Gasteiger partial charge in [-0.1, -0.05) is 0 Å². The van der Waals surface area contributed by atoms with Crippen molar-refractivity contribution in [3.8, 4) is 0 Å². The number of rotatable bonds is 3. The van der Waals surface area contributed by atoms with Gasteiger partial charge in [0, 0.05) is 6.61 Å². The first kappa shape index (κ1) is 22.3. The SMILES string of the molecule is C[Si]1(C)OC[C@H]2O[C@@H](n3cnc4c(N)ncnc43)[C@H](OC3CCCCO3)[C@@H]2O[Si](C)(C)O1. The van der Waals surface area contributed by atoms with Crippen LogP contribution in [-0.4, -0.2) is 74.5 Å². The molecule has 5 atom stereocenters. The van der Waals surface area contributed by atoms with Gasteiger partial charge in [0.15, 0.2) is 24.0 Å². The second kappa shape index (κ2) is 8.40. The highest BCUT2D eigenvalue weighted by Gasteiger charge is 2.54. The average Bonchev–Trinajstić information content (AvgIpc) is 3.28. The molecule has 0 radical (unpaired) electrons. The Morgan fingerprint density at radius 2 is 1.97 bits per heavy atom. The van der Waals surface area contributed by atoms with Crippen molar-refractivity contribution < 1.29 is 27.2 Å². The molecule has 0 aromatic carbocycles. The summed E-state index contributed by atoms with van der Waals surface area (Å²) in [6, 6.07) is 0. The van der Waals surface area contributed by atoms with Crippen molar-refractivity contribution >= 4 is 34.1 Å². The second-order valence-corrected chi connectivity index (χ2v) is 16.3. The Balaban J connectivity index is 1.51. The van der Waals surface area contributed by atoms with E-state index in [2.05, 4.69) is 15.0 Å². The molecule has 13 heteroatoms. The van der Waals surface area contributed by atoms with E-state index in [1.54, 1.807) is 6.33 Å². The Morgan fingerprint density at radius 1 is 1.12 bits per heavy atom. The van der Waals surface area contributed by atoms with Gasteiger partial charge in [-0.15, -0.1) is 0 Å². The topological polar surface area (TPSA) is 125 Å². The van der Waals surface area contributed by atoms with Crippen LogP contribution in [0.2, 0.25) is 26.2 Å². The van der Waals surface area contributed by atoms with Crippen LogP contribution >= 0.6 is 0 Å². The summed E-state index contributed by atoms with van der Waals surface area (Å²) < 4.78 is 40.0. The molecule has 3 fully saturated rings. The van der Waals surface area contributed by atoms with Crippen LogP contribution < -0.4 is 5.73 Å². The summed E-state index contributed by atoms with van der Waals surface area (Å²) in [7, 11) is -4.85. The maximum Gasteiger partial charge on any atom is 0.323 e. The van der Waals surface area contributed by atoms with E-state index in [0.29, 0.717) is 30.2 Å². The van der Waals surface area contributed by atoms with Crippen LogP contribution in [0.3, 0.4) is 0 Å². The van der Waals surface area contributed by atoms with Gasteiger partial charge in [-0.3, -0.25) is 4.57 Å². The monoisotopic (exact) mass is 481 g/mol. The molecule has 176 valence electrons. The standard InChI is InChI=1S/C19H31N5O6Si2/c1-31(2)26-9-12-15(29-32(3,4)30-31)16(28-13-7-5-6-8-25-13)19(27-12)24-11-23-14-17(20)21-10-22-18(14)24/h10-13,15-16,19H,5-9H2,1-4H3,(H2,20,21,22)/t12-,13?,15-,16-,19-/m1/s1. The molecular formula is C19H31N5O6Si2. The van der Waals surface area contributed by atoms with Crippen molar-refractivity contribution in [3.63, 3.8) is 0 Å². The first-order valence-corrected chi connectivity index (χ1v) is 16.7.